The highest BCUT2D eigenvalue weighted by atomic mass is 19.4. The van der Waals surface area contributed by atoms with Gasteiger partial charge in [0.05, 0.1) is 5.56 Å². The normalized spacial score (nSPS) is 22.8. The summed E-state index contributed by atoms with van der Waals surface area (Å²) in [6.07, 6.45) is -3.87. The standard InChI is InChI=1S/C13H12F3N5O/c14-13(15,16)8-3-1-7(2-4-8)9-5-6-17-10(11(9)22)12-18-20-21-19-12/h1-4,9-10,17H,5-6H2,(H,18,19,20,21). The minimum Gasteiger partial charge on any atom is -0.301 e. The Balaban J connectivity index is 1.83. The maximum absolute atomic E-state index is 12.6. The number of hydrogen-bond acceptors (Lipinski definition) is 5. The first-order valence-corrected chi connectivity index (χ1v) is 6.64. The number of rotatable bonds is 2. The van der Waals surface area contributed by atoms with Gasteiger partial charge in [0.1, 0.15) is 6.04 Å². The van der Waals surface area contributed by atoms with E-state index in [9.17, 15) is 18.0 Å². The van der Waals surface area contributed by atoms with Gasteiger partial charge in [0.15, 0.2) is 11.6 Å². The highest BCUT2D eigenvalue weighted by molar-refractivity contribution is 5.91. The van der Waals surface area contributed by atoms with Gasteiger partial charge in [-0.05, 0) is 41.1 Å². The van der Waals surface area contributed by atoms with Crippen LogP contribution in [0.5, 0.6) is 0 Å². The second kappa shape index (κ2) is 5.48. The Bertz CT molecular complexity index is 653. The molecule has 6 nitrogen and oxygen atoms in total. The van der Waals surface area contributed by atoms with Crippen LogP contribution < -0.4 is 5.32 Å². The van der Waals surface area contributed by atoms with Gasteiger partial charge in [-0.1, -0.05) is 12.1 Å². The fraction of sp³-hybridized carbons (Fsp3) is 0.385. The Morgan fingerprint density at radius 2 is 1.91 bits per heavy atom. The SMILES string of the molecule is O=C1C(c2ccc(C(F)(F)F)cc2)CCNC1c1nnn[nH]1. The maximum Gasteiger partial charge on any atom is 0.416 e. The van der Waals surface area contributed by atoms with Gasteiger partial charge < -0.3 is 5.32 Å². The Hall–Kier alpha value is -2.29. The summed E-state index contributed by atoms with van der Waals surface area (Å²) in [6.45, 7) is 0.544. The second-order valence-corrected chi connectivity index (χ2v) is 5.04. The molecular formula is C13H12F3N5O. The molecule has 0 bridgehead atoms. The number of H-pyrrole nitrogens is 1. The van der Waals surface area contributed by atoms with E-state index in [0.29, 0.717) is 24.4 Å². The van der Waals surface area contributed by atoms with E-state index in [1.807, 2.05) is 0 Å². The number of alkyl halides is 3. The Morgan fingerprint density at radius 1 is 1.18 bits per heavy atom. The van der Waals surface area contributed by atoms with Gasteiger partial charge in [-0.2, -0.15) is 13.2 Å². The number of benzene rings is 1. The van der Waals surface area contributed by atoms with Crippen LogP contribution in [-0.2, 0) is 11.0 Å². The van der Waals surface area contributed by atoms with Crippen LogP contribution in [0.3, 0.4) is 0 Å². The Kier molecular flexibility index (Phi) is 3.65. The number of nitrogens with zero attached hydrogens (tertiary/aromatic N) is 3. The summed E-state index contributed by atoms with van der Waals surface area (Å²) >= 11 is 0. The van der Waals surface area contributed by atoms with Crippen molar-refractivity contribution in [2.75, 3.05) is 6.54 Å². The summed E-state index contributed by atoms with van der Waals surface area (Å²) in [5.74, 6) is -0.329. The van der Waals surface area contributed by atoms with Crippen LogP contribution in [0, 0.1) is 0 Å². The summed E-state index contributed by atoms with van der Waals surface area (Å²) in [5, 5.41) is 16.1. The smallest absolute Gasteiger partial charge is 0.301 e. The summed E-state index contributed by atoms with van der Waals surface area (Å²) in [5.41, 5.74) is -0.161. The molecule has 2 N–H and O–H groups in total. The van der Waals surface area contributed by atoms with E-state index in [1.165, 1.54) is 12.1 Å². The average molecular weight is 311 g/mol. The molecule has 0 saturated carbocycles. The molecule has 1 aromatic heterocycles. The van der Waals surface area contributed by atoms with Crippen molar-refractivity contribution in [2.24, 2.45) is 0 Å². The van der Waals surface area contributed by atoms with Crippen LogP contribution >= 0.6 is 0 Å². The lowest BCUT2D eigenvalue weighted by molar-refractivity contribution is -0.137. The van der Waals surface area contributed by atoms with Gasteiger partial charge >= 0.3 is 6.18 Å². The first kappa shape index (κ1) is 14.6. The lowest BCUT2D eigenvalue weighted by Gasteiger charge is -2.27. The predicted molar refractivity (Wildman–Crippen MR) is 68.7 cm³/mol. The van der Waals surface area contributed by atoms with Crippen molar-refractivity contribution < 1.29 is 18.0 Å². The molecule has 0 spiro atoms. The third-order valence-electron chi connectivity index (χ3n) is 3.68. The molecule has 116 valence electrons. The Morgan fingerprint density at radius 3 is 2.50 bits per heavy atom. The molecule has 3 rings (SSSR count). The molecule has 1 fully saturated rings. The third-order valence-corrected chi connectivity index (χ3v) is 3.68. The van der Waals surface area contributed by atoms with Crippen LogP contribution in [0.2, 0.25) is 0 Å². The van der Waals surface area contributed by atoms with Crippen molar-refractivity contribution in [2.45, 2.75) is 24.6 Å². The number of Topliss-reactive ketones (excluding diaryl/α,β-unsaturated/α-hetero) is 1. The average Bonchev–Trinajstić information content (AvgIpc) is 3.01. The first-order chi connectivity index (χ1) is 10.5. The van der Waals surface area contributed by atoms with E-state index >= 15 is 0 Å². The monoisotopic (exact) mass is 311 g/mol. The van der Waals surface area contributed by atoms with Crippen molar-refractivity contribution in [1.29, 1.82) is 0 Å². The molecule has 2 atom stereocenters. The van der Waals surface area contributed by atoms with Gasteiger partial charge in [-0.15, -0.1) is 5.10 Å². The molecule has 1 aliphatic heterocycles. The number of piperidine rings is 1. The number of carbonyl (C=O) groups excluding carboxylic acids is 1. The summed E-state index contributed by atoms with van der Waals surface area (Å²) in [4.78, 5) is 12.5. The van der Waals surface area contributed by atoms with Gasteiger partial charge in [0.25, 0.3) is 0 Å². The maximum atomic E-state index is 12.6. The summed E-state index contributed by atoms with van der Waals surface area (Å²) in [6, 6.07) is 4.03. The lowest BCUT2D eigenvalue weighted by Crippen LogP contribution is -2.39. The largest absolute Gasteiger partial charge is 0.416 e. The second-order valence-electron chi connectivity index (χ2n) is 5.04. The van der Waals surface area contributed by atoms with Gasteiger partial charge in [-0.3, -0.25) is 4.79 Å². The minimum absolute atomic E-state index is 0.162. The molecule has 2 heterocycles. The van der Waals surface area contributed by atoms with Crippen molar-refractivity contribution in [3.8, 4) is 0 Å². The Labute approximate surface area is 123 Å². The third kappa shape index (κ3) is 2.71. The van der Waals surface area contributed by atoms with Crippen molar-refractivity contribution in [3.63, 3.8) is 0 Å². The highest BCUT2D eigenvalue weighted by Crippen LogP contribution is 2.33. The van der Waals surface area contributed by atoms with Gasteiger partial charge in [0.2, 0.25) is 0 Å². The zero-order valence-corrected chi connectivity index (χ0v) is 11.3. The van der Waals surface area contributed by atoms with E-state index in [-0.39, 0.29) is 5.78 Å². The van der Waals surface area contributed by atoms with E-state index in [0.717, 1.165) is 12.1 Å². The van der Waals surface area contributed by atoms with Crippen molar-refractivity contribution >= 4 is 5.78 Å². The van der Waals surface area contributed by atoms with Crippen LogP contribution in [0.15, 0.2) is 24.3 Å². The number of hydrogen-bond donors (Lipinski definition) is 2. The molecule has 0 radical (unpaired) electrons. The molecule has 22 heavy (non-hydrogen) atoms. The fourth-order valence-electron chi connectivity index (χ4n) is 2.57. The summed E-state index contributed by atoms with van der Waals surface area (Å²) in [7, 11) is 0. The molecule has 1 aromatic carbocycles. The number of nitrogens with one attached hydrogen (secondary N) is 2. The van der Waals surface area contributed by atoms with Crippen molar-refractivity contribution in [1.82, 2.24) is 25.9 Å². The highest BCUT2D eigenvalue weighted by Gasteiger charge is 2.36. The number of aromatic amines is 1. The predicted octanol–water partition coefficient (Wildman–Crippen LogP) is 1.61. The molecule has 2 aromatic rings. The first-order valence-electron chi connectivity index (χ1n) is 6.64. The van der Waals surface area contributed by atoms with Crippen LogP contribution in [0.25, 0.3) is 0 Å². The molecule has 1 aliphatic rings. The zero-order valence-electron chi connectivity index (χ0n) is 11.3. The number of aromatic nitrogens is 4. The number of carbonyl (C=O) groups is 1. The quantitative estimate of drug-likeness (QED) is 0.880. The van der Waals surface area contributed by atoms with E-state index in [4.69, 9.17) is 0 Å². The molecule has 0 aliphatic carbocycles. The topological polar surface area (TPSA) is 83.6 Å². The van der Waals surface area contributed by atoms with Crippen LogP contribution in [0.1, 0.15) is 35.3 Å². The number of halogens is 3. The van der Waals surface area contributed by atoms with E-state index in [2.05, 4.69) is 25.9 Å². The van der Waals surface area contributed by atoms with Crippen molar-refractivity contribution in [3.05, 3.63) is 41.2 Å². The summed E-state index contributed by atoms with van der Waals surface area (Å²) < 4.78 is 37.7. The number of ketones is 1. The van der Waals surface area contributed by atoms with Crippen LogP contribution in [-0.4, -0.2) is 33.0 Å². The van der Waals surface area contributed by atoms with Gasteiger partial charge in [0, 0.05) is 5.92 Å². The van der Waals surface area contributed by atoms with Crippen LogP contribution in [0.4, 0.5) is 13.2 Å². The molecular weight excluding hydrogens is 299 g/mol. The minimum atomic E-state index is -4.38. The fourth-order valence-corrected chi connectivity index (χ4v) is 2.57. The number of tetrazole rings is 1. The molecule has 2 unspecified atom stereocenters. The molecule has 9 heteroatoms. The lowest BCUT2D eigenvalue weighted by atomic mass is 9.84. The van der Waals surface area contributed by atoms with E-state index < -0.39 is 23.7 Å². The van der Waals surface area contributed by atoms with Gasteiger partial charge in [-0.25, -0.2) is 5.10 Å². The van der Waals surface area contributed by atoms with E-state index in [1.54, 1.807) is 0 Å². The molecule has 0 amide bonds. The zero-order chi connectivity index (χ0) is 15.7. The molecule has 1 saturated heterocycles.